The van der Waals surface area contributed by atoms with Gasteiger partial charge in [0, 0.05) is 31.4 Å². The fraction of sp³-hybridized carbons (Fsp3) is 0.552. The van der Waals surface area contributed by atoms with Crippen LogP contribution in [0.5, 0.6) is 0 Å². The molecule has 4 rings (SSSR count). The lowest BCUT2D eigenvalue weighted by molar-refractivity contribution is -0.142. The van der Waals surface area contributed by atoms with E-state index in [0.717, 1.165) is 50.2 Å². The van der Waals surface area contributed by atoms with Crippen LogP contribution in [0.25, 0.3) is 0 Å². The third-order valence-corrected chi connectivity index (χ3v) is 6.78. The Morgan fingerprint density at radius 3 is 2.47 bits per heavy atom. The van der Waals surface area contributed by atoms with Crippen molar-refractivity contribution in [3.8, 4) is 0 Å². The topological polar surface area (TPSA) is 72.0 Å². The van der Waals surface area contributed by atoms with Crippen molar-refractivity contribution in [2.24, 2.45) is 0 Å². The van der Waals surface area contributed by atoms with Gasteiger partial charge < -0.3 is 19.3 Å². The molecule has 1 aromatic heterocycles. The summed E-state index contributed by atoms with van der Waals surface area (Å²) in [6.45, 7) is 12.1. The first-order valence-electron chi connectivity index (χ1n) is 13.1. The Morgan fingerprint density at radius 2 is 1.81 bits per heavy atom. The van der Waals surface area contributed by atoms with E-state index in [-0.39, 0.29) is 18.1 Å². The molecule has 0 N–H and O–H groups in total. The number of benzene rings is 1. The number of piperazine rings is 1. The average Bonchev–Trinajstić information content (AvgIpc) is 3.28. The largest absolute Gasteiger partial charge is 0.466 e. The molecule has 1 aliphatic carbocycles. The first kappa shape index (κ1) is 26.0. The van der Waals surface area contributed by atoms with Crippen molar-refractivity contribution >= 4 is 17.9 Å². The molecule has 2 aromatic rings. The maximum absolute atomic E-state index is 12.6. The molecule has 0 saturated carbocycles. The minimum absolute atomic E-state index is 0.0408. The average molecular weight is 494 g/mol. The van der Waals surface area contributed by atoms with Crippen molar-refractivity contribution in [2.75, 3.05) is 31.1 Å². The lowest BCUT2D eigenvalue weighted by Crippen LogP contribution is -2.55. The molecule has 7 heteroatoms. The predicted molar refractivity (Wildman–Crippen MR) is 140 cm³/mol. The number of carbonyl (C=O) groups excluding carboxylic acids is 2. The van der Waals surface area contributed by atoms with E-state index in [9.17, 15) is 9.59 Å². The van der Waals surface area contributed by atoms with Crippen LogP contribution in [0, 0.1) is 0 Å². The molecule has 194 valence electrons. The second-order valence-electron chi connectivity index (χ2n) is 10.9. The van der Waals surface area contributed by atoms with Gasteiger partial charge in [0.05, 0.1) is 13.0 Å². The van der Waals surface area contributed by atoms with Crippen LogP contribution in [-0.2, 0) is 40.0 Å². The number of nitrogens with zero attached hydrogens (tertiary/aromatic N) is 3. The summed E-state index contributed by atoms with van der Waals surface area (Å²) in [6, 6.07) is 10.5. The highest BCUT2D eigenvalue weighted by Gasteiger charge is 2.32. The van der Waals surface area contributed by atoms with Gasteiger partial charge in [0.25, 0.3) is 0 Å². The summed E-state index contributed by atoms with van der Waals surface area (Å²) in [5, 5.41) is 0. The molecule has 1 atom stereocenters. The Hall–Kier alpha value is -3.09. The molecule has 0 unspecified atom stereocenters. The number of esters is 1. The third kappa shape index (κ3) is 6.37. The molecule has 1 aromatic carbocycles. The first-order chi connectivity index (χ1) is 17.1. The molecule has 36 heavy (non-hydrogen) atoms. The van der Waals surface area contributed by atoms with Gasteiger partial charge in [-0.15, -0.1) is 0 Å². The minimum atomic E-state index is -0.499. The summed E-state index contributed by atoms with van der Waals surface area (Å²) >= 11 is 0. The van der Waals surface area contributed by atoms with Gasteiger partial charge in [0.1, 0.15) is 11.4 Å². The number of pyridine rings is 1. The van der Waals surface area contributed by atoms with Crippen molar-refractivity contribution in [2.45, 2.75) is 78.4 Å². The van der Waals surface area contributed by atoms with Crippen molar-refractivity contribution in [3.63, 3.8) is 0 Å². The number of aryl methyl sites for hydroxylation is 1. The maximum atomic E-state index is 12.6. The van der Waals surface area contributed by atoms with E-state index in [0.29, 0.717) is 19.6 Å². The van der Waals surface area contributed by atoms with E-state index in [1.165, 1.54) is 22.4 Å². The summed E-state index contributed by atoms with van der Waals surface area (Å²) in [6.07, 6.45) is 4.12. The lowest BCUT2D eigenvalue weighted by Gasteiger charge is -2.41. The highest BCUT2D eigenvalue weighted by molar-refractivity contribution is 5.72. The second-order valence-corrected chi connectivity index (χ2v) is 10.9. The van der Waals surface area contributed by atoms with Gasteiger partial charge in [-0.25, -0.2) is 9.78 Å². The van der Waals surface area contributed by atoms with Crippen molar-refractivity contribution in [1.82, 2.24) is 9.88 Å². The molecule has 0 spiro atoms. The van der Waals surface area contributed by atoms with Gasteiger partial charge in [0.2, 0.25) is 0 Å². The van der Waals surface area contributed by atoms with Crippen LogP contribution in [0.15, 0.2) is 30.3 Å². The molecule has 1 aliphatic heterocycles. The highest BCUT2D eigenvalue weighted by atomic mass is 16.6. The Bertz CT molecular complexity index is 1090. The molecule has 1 saturated heterocycles. The molecule has 7 nitrogen and oxygen atoms in total. The normalized spacial score (nSPS) is 17.6. The highest BCUT2D eigenvalue weighted by Crippen LogP contribution is 2.30. The molecule has 1 amide bonds. The van der Waals surface area contributed by atoms with Crippen LogP contribution in [-0.4, -0.2) is 59.8 Å². The van der Waals surface area contributed by atoms with Gasteiger partial charge in [-0.3, -0.25) is 4.79 Å². The minimum Gasteiger partial charge on any atom is -0.466 e. The zero-order chi connectivity index (χ0) is 25.9. The van der Waals surface area contributed by atoms with E-state index >= 15 is 0 Å². The van der Waals surface area contributed by atoms with Gasteiger partial charge in [-0.05, 0) is 88.6 Å². The molecular weight excluding hydrogens is 454 g/mol. The van der Waals surface area contributed by atoms with Crippen molar-refractivity contribution in [1.29, 1.82) is 0 Å². The van der Waals surface area contributed by atoms with Gasteiger partial charge in [-0.1, -0.05) is 24.3 Å². The number of aromatic nitrogens is 1. The van der Waals surface area contributed by atoms with Crippen LogP contribution in [0.3, 0.4) is 0 Å². The van der Waals surface area contributed by atoms with E-state index in [4.69, 9.17) is 14.5 Å². The smallest absolute Gasteiger partial charge is 0.410 e. The molecule has 0 radical (unpaired) electrons. The quantitative estimate of drug-likeness (QED) is 0.543. The number of anilines is 1. The number of ether oxygens (including phenoxy) is 2. The van der Waals surface area contributed by atoms with E-state index < -0.39 is 5.60 Å². The zero-order valence-electron chi connectivity index (χ0n) is 22.3. The molecule has 2 aliphatic rings. The Morgan fingerprint density at radius 1 is 1.08 bits per heavy atom. The Kier molecular flexibility index (Phi) is 7.86. The van der Waals surface area contributed by atoms with Crippen LogP contribution < -0.4 is 4.90 Å². The number of hydrogen-bond donors (Lipinski definition) is 0. The lowest BCUT2D eigenvalue weighted by atomic mass is 9.98. The van der Waals surface area contributed by atoms with E-state index in [1.54, 1.807) is 0 Å². The summed E-state index contributed by atoms with van der Waals surface area (Å²) < 4.78 is 10.7. The number of fused-ring (bicyclic) bond motifs is 1. The van der Waals surface area contributed by atoms with Crippen LogP contribution in [0.2, 0.25) is 0 Å². The van der Waals surface area contributed by atoms with E-state index in [2.05, 4.69) is 30.0 Å². The number of hydrogen-bond acceptors (Lipinski definition) is 6. The molecule has 2 heterocycles. The number of rotatable bonds is 6. The predicted octanol–water partition coefficient (Wildman–Crippen LogP) is 4.71. The van der Waals surface area contributed by atoms with Gasteiger partial charge in [0.15, 0.2) is 0 Å². The Labute approximate surface area is 214 Å². The molecular formula is C29H39N3O4. The summed E-state index contributed by atoms with van der Waals surface area (Å²) in [5.74, 6) is 0.808. The van der Waals surface area contributed by atoms with Gasteiger partial charge in [-0.2, -0.15) is 0 Å². The second kappa shape index (κ2) is 10.9. The fourth-order valence-corrected chi connectivity index (χ4v) is 5.06. The van der Waals surface area contributed by atoms with Crippen molar-refractivity contribution < 1.29 is 19.1 Å². The monoisotopic (exact) mass is 493 g/mol. The first-order valence-corrected chi connectivity index (χ1v) is 13.1. The Balaban J connectivity index is 1.47. The standard InChI is InChI=1S/C29H39N3O4/c1-6-35-27(33)17-22-12-10-21(11-13-22)16-23-18-26(30-25-9-7-8-24(23)25)31-14-15-32(20(2)19-31)28(34)36-29(3,4)5/h10-13,18,20H,6-9,14-17,19H2,1-5H3/t20-/m1/s1. The SMILES string of the molecule is CCOC(=O)Cc1ccc(Cc2cc(N3CCN(C(=O)OC(C)(C)C)[C@H](C)C3)nc3c2CCC3)cc1. The van der Waals surface area contributed by atoms with Crippen LogP contribution in [0.1, 0.15) is 69.0 Å². The van der Waals surface area contributed by atoms with Crippen molar-refractivity contribution in [3.05, 3.63) is 58.3 Å². The fourth-order valence-electron chi connectivity index (χ4n) is 5.06. The van der Waals surface area contributed by atoms with Crippen LogP contribution >= 0.6 is 0 Å². The number of carbonyl (C=O) groups is 2. The maximum Gasteiger partial charge on any atom is 0.410 e. The van der Waals surface area contributed by atoms with Gasteiger partial charge >= 0.3 is 12.1 Å². The summed E-state index contributed by atoms with van der Waals surface area (Å²) in [4.78, 5) is 33.6. The zero-order valence-corrected chi connectivity index (χ0v) is 22.3. The van der Waals surface area contributed by atoms with Crippen LogP contribution in [0.4, 0.5) is 10.6 Å². The number of amides is 1. The summed E-state index contributed by atoms with van der Waals surface area (Å²) in [7, 11) is 0. The summed E-state index contributed by atoms with van der Waals surface area (Å²) in [5.41, 5.74) is 5.61. The molecule has 1 fully saturated rings. The van der Waals surface area contributed by atoms with E-state index in [1.807, 2.05) is 44.7 Å². The molecule has 0 bridgehead atoms. The third-order valence-electron chi connectivity index (χ3n) is 6.78.